The third-order valence-corrected chi connectivity index (χ3v) is 4.32. The van der Waals surface area contributed by atoms with E-state index < -0.39 is 10.0 Å². The molecule has 6 heteroatoms. The van der Waals surface area contributed by atoms with E-state index in [1.54, 1.807) is 10.9 Å². The zero-order chi connectivity index (χ0) is 14.8. The molecule has 0 aliphatic heterocycles. The van der Waals surface area contributed by atoms with Crippen molar-refractivity contribution in [2.75, 3.05) is 0 Å². The molecule has 0 fully saturated rings. The molecule has 1 N–H and O–H groups in total. The molecular formula is C14H19N3O2S. The van der Waals surface area contributed by atoms with E-state index >= 15 is 0 Å². The molecule has 1 aromatic heterocycles. The van der Waals surface area contributed by atoms with Crippen LogP contribution >= 0.6 is 0 Å². The average Bonchev–Trinajstić information content (AvgIpc) is 2.87. The van der Waals surface area contributed by atoms with Crippen LogP contribution in [0.3, 0.4) is 0 Å². The Morgan fingerprint density at radius 3 is 2.70 bits per heavy atom. The quantitative estimate of drug-likeness (QED) is 0.919. The Balaban J connectivity index is 2.11. The number of nitrogens with one attached hydrogen (secondary N) is 1. The first-order valence-corrected chi connectivity index (χ1v) is 7.96. The second-order valence-electron chi connectivity index (χ2n) is 5.06. The lowest BCUT2D eigenvalue weighted by Crippen LogP contribution is -2.23. The van der Waals surface area contributed by atoms with Gasteiger partial charge < -0.3 is 0 Å². The van der Waals surface area contributed by atoms with Crippen LogP contribution in [0.2, 0.25) is 0 Å². The van der Waals surface area contributed by atoms with Crippen LogP contribution in [-0.4, -0.2) is 18.2 Å². The third kappa shape index (κ3) is 3.46. The molecular weight excluding hydrogens is 274 g/mol. The van der Waals surface area contributed by atoms with Crippen molar-refractivity contribution in [3.8, 4) is 0 Å². The summed E-state index contributed by atoms with van der Waals surface area (Å²) in [5.41, 5.74) is 2.04. The highest BCUT2D eigenvalue weighted by atomic mass is 32.2. The zero-order valence-corrected chi connectivity index (χ0v) is 12.7. The lowest BCUT2D eigenvalue weighted by Gasteiger charge is -2.06. The highest BCUT2D eigenvalue weighted by molar-refractivity contribution is 7.89. The molecule has 2 aromatic rings. The summed E-state index contributed by atoms with van der Waals surface area (Å²) in [6.45, 7) is 6.15. The van der Waals surface area contributed by atoms with Crippen LogP contribution in [-0.2, 0) is 16.6 Å². The molecule has 0 radical (unpaired) electrons. The summed E-state index contributed by atoms with van der Waals surface area (Å²) in [5, 5.41) is 4.05. The third-order valence-electron chi connectivity index (χ3n) is 2.97. The van der Waals surface area contributed by atoms with Crippen molar-refractivity contribution < 1.29 is 8.42 Å². The van der Waals surface area contributed by atoms with Crippen molar-refractivity contribution in [2.24, 2.45) is 0 Å². The van der Waals surface area contributed by atoms with Gasteiger partial charge in [-0.25, -0.2) is 13.1 Å². The van der Waals surface area contributed by atoms with E-state index in [9.17, 15) is 8.42 Å². The van der Waals surface area contributed by atoms with Crippen LogP contribution in [0.15, 0.2) is 41.6 Å². The van der Waals surface area contributed by atoms with Gasteiger partial charge in [-0.05, 0) is 26.3 Å². The van der Waals surface area contributed by atoms with E-state index in [2.05, 4.69) is 9.82 Å². The second kappa shape index (κ2) is 5.76. The minimum atomic E-state index is -3.52. The lowest BCUT2D eigenvalue weighted by molar-refractivity contribution is 0.531. The van der Waals surface area contributed by atoms with Crippen molar-refractivity contribution in [3.63, 3.8) is 0 Å². The molecule has 0 saturated carbocycles. The number of aryl methyl sites for hydroxylation is 1. The fourth-order valence-electron chi connectivity index (χ4n) is 1.83. The Hall–Kier alpha value is -1.66. The summed E-state index contributed by atoms with van der Waals surface area (Å²) in [7, 11) is -3.52. The van der Waals surface area contributed by atoms with Gasteiger partial charge in [0.1, 0.15) is 4.90 Å². The molecule has 1 heterocycles. The molecule has 1 aromatic carbocycles. The molecule has 0 saturated heterocycles. The summed E-state index contributed by atoms with van der Waals surface area (Å²) in [6, 6.07) is 7.88. The Bertz CT molecular complexity index is 690. The minimum Gasteiger partial charge on any atom is -0.269 e. The Labute approximate surface area is 119 Å². The van der Waals surface area contributed by atoms with Gasteiger partial charge in [0.05, 0.1) is 6.20 Å². The highest BCUT2D eigenvalue weighted by Crippen LogP contribution is 2.12. The first-order chi connectivity index (χ1) is 9.38. The number of sulfonamides is 1. The number of rotatable bonds is 5. The predicted octanol–water partition coefficient (Wildman–Crippen LogP) is 2.25. The van der Waals surface area contributed by atoms with Crippen molar-refractivity contribution >= 4 is 10.0 Å². The van der Waals surface area contributed by atoms with Crippen molar-refractivity contribution in [1.82, 2.24) is 14.5 Å². The minimum absolute atomic E-state index is 0.135. The topological polar surface area (TPSA) is 64.0 Å². The van der Waals surface area contributed by atoms with Gasteiger partial charge in [-0.15, -0.1) is 0 Å². The summed E-state index contributed by atoms with van der Waals surface area (Å²) in [6.07, 6.45) is 2.92. The van der Waals surface area contributed by atoms with Crippen LogP contribution < -0.4 is 4.72 Å². The van der Waals surface area contributed by atoms with E-state index in [0.717, 1.165) is 11.1 Å². The van der Waals surface area contributed by atoms with Gasteiger partial charge in [-0.2, -0.15) is 5.10 Å². The monoisotopic (exact) mass is 293 g/mol. The van der Waals surface area contributed by atoms with E-state index in [-0.39, 0.29) is 17.5 Å². The van der Waals surface area contributed by atoms with Gasteiger partial charge in [0.15, 0.2) is 0 Å². The molecule has 108 valence electrons. The molecule has 5 nitrogen and oxygen atoms in total. The highest BCUT2D eigenvalue weighted by Gasteiger charge is 2.16. The lowest BCUT2D eigenvalue weighted by atomic mass is 10.1. The fourth-order valence-corrected chi connectivity index (χ4v) is 2.78. The van der Waals surface area contributed by atoms with Gasteiger partial charge in [-0.3, -0.25) is 4.68 Å². The standard InChI is InChI=1S/C14H19N3O2S/c1-11(2)17-10-14(9-15-17)20(18,19)16-8-13-6-4-5-12(3)7-13/h4-7,9-11,16H,8H2,1-3H3. The maximum atomic E-state index is 12.2. The summed E-state index contributed by atoms with van der Waals surface area (Å²) < 4.78 is 28.5. The molecule has 0 spiro atoms. The predicted molar refractivity (Wildman–Crippen MR) is 77.8 cm³/mol. The Morgan fingerprint density at radius 2 is 2.10 bits per heavy atom. The van der Waals surface area contributed by atoms with Crippen LogP contribution in [0.1, 0.15) is 31.0 Å². The van der Waals surface area contributed by atoms with Gasteiger partial charge >= 0.3 is 0 Å². The number of hydrogen-bond donors (Lipinski definition) is 1. The van der Waals surface area contributed by atoms with Gasteiger partial charge in [0.25, 0.3) is 0 Å². The van der Waals surface area contributed by atoms with Gasteiger partial charge in [0.2, 0.25) is 10.0 Å². The fraction of sp³-hybridized carbons (Fsp3) is 0.357. The van der Waals surface area contributed by atoms with E-state index in [4.69, 9.17) is 0 Å². The second-order valence-corrected chi connectivity index (χ2v) is 6.83. The van der Waals surface area contributed by atoms with E-state index in [1.165, 1.54) is 6.20 Å². The van der Waals surface area contributed by atoms with Gasteiger partial charge in [0, 0.05) is 18.8 Å². The molecule has 20 heavy (non-hydrogen) atoms. The molecule has 0 amide bonds. The normalized spacial score (nSPS) is 12.0. The molecule has 0 aliphatic carbocycles. The summed E-state index contributed by atoms with van der Waals surface area (Å²) in [4.78, 5) is 0.193. The molecule has 0 unspecified atom stereocenters. The Kier molecular flexibility index (Phi) is 4.25. The summed E-state index contributed by atoms with van der Waals surface area (Å²) in [5.74, 6) is 0. The first kappa shape index (κ1) is 14.7. The largest absolute Gasteiger partial charge is 0.269 e. The molecule has 0 atom stereocenters. The molecule has 2 rings (SSSR count). The maximum Gasteiger partial charge on any atom is 0.243 e. The summed E-state index contributed by atoms with van der Waals surface area (Å²) >= 11 is 0. The van der Waals surface area contributed by atoms with Crippen molar-refractivity contribution in [3.05, 3.63) is 47.8 Å². The smallest absolute Gasteiger partial charge is 0.243 e. The Morgan fingerprint density at radius 1 is 1.35 bits per heavy atom. The zero-order valence-electron chi connectivity index (χ0n) is 11.9. The maximum absolute atomic E-state index is 12.2. The van der Waals surface area contributed by atoms with E-state index in [0.29, 0.717) is 0 Å². The van der Waals surface area contributed by atoms with Crippen LogP contribution in [0, 0.1) is 6.92 Å². The van der Waals surface area contributed by atoms with Gasteiger partial charge in [-0.1, -0.05) is 29.8 Å². The van der Waals surface area contributed by atoms with Crippen LogP contribution in [0.4, 0.5) is 0 Å². The SMILES string of the molecule is Cc1cccc(CNS(=O)(=O)c2cnn(C(C)C)c2)c1. The van der Waals surface area contributed by atoms with Crippen molar-refractivity contribution in [1.29, 1.82) is 0 Å². The first-order valence-electron chi connectivity index (χ1n) is 6.48. The number of aromatic nitrogens is 2. The van der Waals surface area contributed by atoms with Crippen LogP contribution in [0.25, 0.3) is 0 Å². The van der Waals surface area contributed by atoms with Crippen molar-refractivity contribution in [2.45, 2.75) is 38.3 Å². The van der Waals surface area contributed by atoms with Crippen LogP contribution in [0.5, 0.6) is 0 Å². The number of nitrogens with zero attached hydrogens (tertiary/aromatic N) is 2. The number of hydrogen-bond acceptors (Lipinski definition) is 3. The van der Waals surface area contributed by atoms with E-state index in [1.807, 2.05) is 45.0 Å². The molecule has 0 bridgehead atoms. The molecule has 0 aliphatic rings. The number of benzene rings is 1. The average molecular weight is 293 g/mol.